The van der Waals surface area contributed by atoms with Gasteiger partial charge < -0.3 is 10.1 Å². The molecule has 1 saturated carbocycles. The second-order valence-corrected chi connectivity index (χ2v) is 6.70. The largest absolute Gasteiger partial charge is 0.378 e. The van der Waals surface area contributed by atoms with Gasteiger partial charge in [-0.1, -0.05) is 42.7 Å². The predicted octanol–water partition coefficient (Wildman–Crippen LogP) is 3.06. The summed E-state index contributed by atoms with van der Waals surface area (Å²) in [5.74, 6) is 0.0553. The highest BCUT2D eigenvalue weighted by Gasteiger charge is 2.22. The zero-order chi connectivity index (χ0) is 16.7. The van der Waals surface area contributed by atoms with Gasteiger partial charge in [0, 0.05) is 13.2 Å². The zero-order valence-corrected chi connectivity index (χ0v) is 14.7. The maximum absolute atomic E-state index is 12.5. The van der Waals surface area contributed by atoms with Crippen LogP contribution >= 0.6 is 0 Å². The number of carbonyl (C=O) groups is 1. The molecule has 128 valence electrons. The van der Waals surface area contributed by atoms with Crippen LogP contribution in [-0.2, 0) is 9.53 Å². The second kappa shape index (κ2) is 9.04. The first-order valence-electron chi connectivity index (χ1n) is 8.70. The van der Waals surface area contributed by atoms with Crippen molar-refractivity contribution in [3.8, 4) is 0 Å². The molecule has 0 aliphatic heterocycles. The minimum atomic E-state index is -0.244. The summed E-state index contributed by atoms with van der Waals surface area (Å²) in [5.41, 5.74) is 2.23. The van der Waals surface area contributed by atoms with Gasteiger partial charge in [-0.25, -0.2) is 0 Å². The summed E-state index contributed by atoms with van der Waals surface area (Å²) in [6.07, 6.45) is 6.31. The van der Waals surface area contributed by atoms with E-state index >= 15 is 0 Å². The van der Waals surface area contributed by atoms with Crippen LogP contribution in [0, 0.1) is 6.92 Å². The van der Waals surface area contributed by atoms with E-state index < -0.39 is 0 Å². The zero-order valence-electron chi connectivity index (χ0n) is 14.7. The standard InChI is InChI=1S/C19H30N2O2/c1-15-9-11-16(12-10-15)18(21(2)3)19(22)20-13-6-14-23-17-7-4-5-8-17/h9-12,17-18H,4-8,13-14H2,1-3H3,(H,20,22)/t18-/m1/s1. The van der Waals surface area contributed by atoms with Gasteiger partial charge in [-0.3, -0.25) is 9.69 Å². The van der Waals surface area contributed by atoms with E-state index in [2.05, 4.69) is 24.4 Å². The minimum Gasteiger partial charge on any atom is -0.378 e. The number of likely N-dealkylation sites (N-methyl/N-ethyl adjacent to an activating group) is 1. The number of hydrogen-bond acceptors (Lipinski definition) is 3. The Morgan fingerprint density at radius 2 is 1.91 bits per heavy atom. The third-order valence-corrected chi connectivity index (χ3v) is 4.43. The summed E-state index contributed by atoms with van der Waals surface area (Å²) in [5, 5.41) is 3.04. The molecule has 1 aliphatic rings. The van der Waals surface area contributed by atoms with Gasteiger partial charge in [0.05, 0.1) is 6.10 Å². The SMILES string of the molecule is Cc1ccc([C@H](C(=O)NCCCOC2CCCC2)N(C)C)cc1. The van der Waals surface area contributed by atoms with Crippen molar-refractivity contribution in [2.24, 2.45) is 0 Å². The van der Waals surface area contributed by atoms with E-state index in [9.17, 15) is 4.79 Å². The van der Waals surface area contributed by atoms with E-state index in [1.807, 2.05) is 31.1 Å². The van der Waals surface area contributed by atoms with Crippen molar-refractivity contribution < 1.29 is 9.53 Å². The van der Waals surface area contributed by atoms with E-state index in [4.69, 9.17) is 4.74 Å². The second-order valence-electron chi connectivity index (χ2n) is 6.70. The van der Waals surface area contributed by atoms with E-state index in [0.717, 1.165) is 18.6 Å². The molecule has 0 radical (unpaired) electrons. The average molecular weight is 318 g/mol. The molecular weight excluding hydrogens is 288 g/mol. The molecule has 4 heteroatoms. The van der Waals surface area contributed by atoms with E-state index in [1.165, 1.54) is 31.2 Å². The van der Waals surface area contributed by atoms with Crippen molar-refractivity contribution in [3.05, 3.63) is 35.4 Å². The normalized spacial score (nSPS) is 16.7. The van der Waals surface area contributed by atoms with Crippen molar-refractivity contribution in [2.75, 3.05) is 27.2 Å². The lowest BCUT2D eigenvalue weighted by Crippen LogP contribution is -2.37. The summed E-state index contributed by atoms with van der Waals surface area (Å²) in [7, 11) is 3.88. The Kier molecular flexibility index (Phi) is 7.06. The van der Waals surface area contributed by atoms with Crippen LogP contribution in [0.15, 0.2) is 24.3 Å². The molecule has 23 heavy (non-hydrogen) atoms. The first kappa shape index (κ1) is 18.0. The van der Waals surface area contributed by atoms with Crippen molar-refractivity contribution >= 4 is 5.91 Å². The van der Waals surface area contributed by atoms with Crippen LogP contribution in [-0.4, -0.2) is 44.2 Å². The van der Waals surface area contributed by atoms with Gasteiger partial charge >= 0.3 is 0 Å². The van der Waals surface area contributed by atoms with E-state index in [0.29, 0.717) is 12.6 Å². The molecule has 1 fully saturated rings. The molecule has 0 saturated heterocycles. The third-order valence-electron chi connectivity index (χ3n) is 4.43. The molecule has 1 aliphatic carbocycles. The summed E-state index contributed by atoms with van der Waals surface area (Å²) in [6, 6.07) is 7.92. The van der Waals surface area contributed by atoms with Gasteiger partial charge in [0.15, 0.2) is 0 Å². The number of ether oxygens (including phenoxy) is 1. The number of carbonyl (C=O) groups excluding carboxylic acids is 1. The molecule has 0 spiro atoms. The molecule has 1 atom stereocenters. The molecule has 0 heterocycles. The lowest BCUT2D eigenvalue weighted by atomic mass is 10.0. The molecule has 1 aromatic carbocycles. The number of nitrogens with zero attached hydrogens (tertiary/aromatic N) is 1. The van der Waals surface area contributed by atoms with Crippen LogP contribution < -0.4 is 5.32 Å². The Bertz CT molecular complexity index is 479. The van der Waals surface area contributed by atoms with Crippen molar-refractivity contribution in [3.63, 3.8) is 0 Å². The fourth-order valence-electron chi connectivity index (χ4n) is 3.12. The van der Waals surface area contributed by atoms with Crippen LogP contribution in [0.4, 0.5) is 0 Å². The Morgan fingerprint density at radius 3 is 2.52 bits per heavy atom. The first-order chi connectivity index (χ1) is 11.1. The molecule has 0 aromatic heterocycles. The smallest absolute Gasteiger partial charge is 0.241 e. The minimum absolute atomic E-state index is 0.0553. The molecule has 4 nitrogen and oxygen atoms in total. The Hall–Kier alpha value is -1.39. The predicted molar refractivity (Wildman–Crippen MR) is 93.4 cm³/mol. The molecule has 1 N–H and O–H groups in total. The van der Waals surface area contributed by atoms with Gasteiger partial charge in [0.25, 0.3) is 0 Å². The maximum Gasteiger partial charge on any atom is 0.241 e. The highest BCUT2D eigenvalue weighted by Crippen LogP contribution is 2.21. The maximum atomic E-state index is 12.5. The van der Waals surface area contributed by atoms with Crippen molar-refractivity contribution in [1.29, 1.82) is 0 Å². The molecule has 2 rings (SSSR count). The number of rotatable bonds is 8. The van der Waals surface area contributed by atoms with Crippen LogP contribution in [0.5, 0.6) is 0 Å². The number of nitrogens with one attached hydrogen (secondary N) is 1. The summed E-state index contributed by atoms with van der Waals surface area (Å²) in [4.78, 5) is 14.4. The van der Waals surface area contributed by atoms with Crippen LogP contribution in [0.1, 0.15) is 49.3 Å². The fraction of sp³-hybridized carbons (Fsp3) is 0.632. The van der Waals surface area contributed by atoms with Gasteiger partial charge in [-0.05, 0) is 45.8 Å². The summed E-state index contributed by atoms with van der Waals surface area (Å²) < 4.78 is 5.83. The average Bonchev–Trinajstić information content (AvgIpc) is 3.02. The van der Waals surface area contributed by atoms with Crippen LogP contribution in [0.2, 0.25) is 0 Å². The van der Waals surface area contributed by atoms with Gasteiger partial charge in [0.1, 0.15) is 6.04 Å². The first-order valence-corrected chi connectivity index (χ1v) is 8.70. The third kappa shape index (κ3) is 5.63. The number of benzene rings is 1. The van der Waals surface area contributed by atoms with E-state index in [1.54, 1.807) is 0 Å². The lowest BCUT2D eigenvalue weighted by molar-refractivity contribution is -0.125. The molecule has 0 unspecified atom stereocenters. The van der Waals surface area contributed by atoms with Gasteiger partial charge in [-0.2, -0.15) is 0 Å². The Balaban J connectivity index is 1.75. The van der Waals surface area contributed by atoms with Crippen molar-refractivity contribution in [1.82, 2.24) is 10.2 Å². The molecule has 1 amide bonds. The van der Waals surface area contributed by atoms with Gasteiger partial charge in [0.2, 0.25) is 5.91 Å². The van der Waals surface area contributed by atoms with E-state index in [-0.39, 0.29) is 11.9 Å². The van der Waals surface area contributed by atoms with Crippen molar-refractivity contribution in [2.45, 2.75) is 51.2 Å². The molecular formula is C19H30N2O2. The Labute approximate surface area is 140 Å². The number of amides is 1. The Morgan fingerprint density at radius 1 is 1.26 bits per heavy atom. The quantitative estimate of drug-likeness (QED) is 0.749. The summed E-state index contributed by atoms with van der Waals surface area (Å²) >= 11 is 0. The molecule has 0 bridgehead atoms. The molecule has 1 aromatic rings. The highest BCUT2D eigenvalue weighted by atomic mass is 16.5. The topological polar surface area (TPSA) is 41.6 Å². The highest BCUT2D eigenvalue weighted by molar-refractivity contribution is 5.83. The van der Waals surface area contributed by atoms with Crippen LogP contribution in [0.25, 0.3) is 0 Å². The van der Waals surface area contributed by atoms with Crippen LogP contribution in [0.3, 0.4) is 0 Å². The van der Waals surface area contributed by atoms with Gasteiger partial charge in [-0.15, -0.1) is 0 Å². The number of hydrogen-bond donors (Lipinski definition) is 1. The number of aryl methyl sites for hydroxylation is 1. The fourth-order valence-corrected chi connectivity index (χ4v) is 3.12. The summed E-state index contributed by atoms with van der Waals surface area (Å²) in [6.45, 7) is 3.46. The lowest BCUT2D eigenvalue weighted by Gasteiger charge is -2.24. The monoisotopic (exact) mass is 318 g/mol.